The van der Waals surface area contributed by atoms with Gasteiger partial charge in [0.15, 0.2) is 11.6 Å². The fourth-order valence-electron chi connectivity index (χ4n) is 1.41. The molecule has 0 aliphatic carbocycles. The van der Waals surface area contributed by atoms with Crippen LogP contribution in [0.25, 0.3) is 0 Å². The summed E-state index contributed by atoms with van der Waals surface area (Å²) in [5.74, 6) is 1.25. The minimum absolute atomic E-state index is 0.430. The zero-order chi connectivity index (χ0) is 11.5. The number of aromatic nitrogens is 1. The van der Waals surface area contributed by atoms with Crippen LogP contribution in [-0.4, -0.2) is 38.6 Å². The van der Waals surface area contributed by atoms with E-state index in [2.05, 4.69) is 10.6 Å². The van der Waals surface area contributed by atoms with E-state index in [0.717, 1.165) is 0 Å². The van der Waals surface area contributed by atoms with Crippen molar-refractivity contribution < 1.29 is 9.59 Å². The quantitative estimate of drug-likeness (QED) is 0.530. The number of hydrogen-bond acceptors (Lipinski definition) is 2. The molecule has 0 aliphatic heterocycles. The van der Waals surface area contributed by atoms with Gasteiger partial charge >= 0.3 is 0 Å². The highest BCUT2D eigenvalue weighted by Crippen LogP contribution is 2.20. The van der Waals surface area contributed by atoms with Crippen LogP contribution < -0.4 is 15.2 Å². The molecule has 0 radical (unpaired) electrons. The summed E-state index contributed by atoms with van der Waals surface area (Å²) in [6, 6.07) is 3.45. The van der Waals surface area contributed by atoms with Crippen molar-refractivity contribution in [3.05, 3.63) is 12.1 Å². The van der Waals surface area contributed by atoms with Gasteiger partial charge in [0.25, 0.3) is 0 Å². The fraction of sp³-hybridized carbons (Fsp3) is 0.333. The maximum absolute atomic E-state index is 10.4. The summed E-state index contributed by atoms with van der Waals surface area (Å²) in [6.45, 7) is 0. The zero-order valence-corrected chi connectivity index (χ0v) is 9.02. The zero-order valence-electron chi connectivity index (χ0n) is 9.02. The second-order valence-corrected chi connectivity index (χ2v) is 3.88. The molecule has 0 saturated carbocycles. The first kappa shape index (κ1) is 11.3. The molecule has 0 spiro atoms. The molecule has 1 rings (SSSR count). The van der Waals surface area contributed by atoms with Gasteiger partial charge < -0.3 is 10.6 Å². The standard InChI is InChI=1S/C9H14N4O2/c1-13(2,3)12-8(10-6-14)4-5-9(12)11-7-15/h4-7H,1-3H3,(H-,10,11,14,15)/p+1. The highest BCUT2D eigenvalue weighted by molar-refractivity contribution is 5.75. The lowest BCUT2D eigenvalue weighted by Crippen LogP contribution is -2.47. The van der Waals surface area contributed by atoms with Gasteiger partial charge in [0.2, 0.25) is 12.8 Å². The second-order valence-electron chi connectivity index (χ2n) is 3.88. The van der Waals surface area contributed by atoms with Gasteiger partial charge in [-0.05, 0) is 12.1 Å². The minimum atomic E-state index is 0.430. The van der Waals surface area contributed by atoms with E-state index in [4.69, 9.17) is 0 Å². The van der Waals surface area contributed by atoms with Crippen molar-refractivity contribution in [3.63, 3.8) is 0 Å². The fourth-order valence-corrected chi connectivity index (χ4v) is 1.41. The molecule has 2 amide bonds. The molecule has 0 fully saturated rings. The Hall–Kier alpha value is -1.82. The van der Waals surface area contributed by atoms with Crippen molar-refractivity contribution in [2.75, 3.05) is 31.8 Å². The Labute approximate surface area is 88.0 Å². The van der Waals surface area contributed by atoms with Crippen LogP contribution in [0.1, 0.15) is 0 Å². The number of quaternary nitrogens is 1. The number of nitrogens with one attached hydrogen (secondary N) is 2. The topological polar surface area (TPSA) is 63.1 Å². The van der Waals surface area contributed by atoms with Crippen molar-refractivity contribution in [2.24, 2.45) is 0 Å². The molecule has 1 heterocycles. The molecular formula is C9H15N4O2+. The van der Waals surface area contributed by atoms with Gasteiger partial charge in [0.05, 0.1) is 21.1 Å². The third-order valence-electron chi connectivity index (χ3n) is 1.87. The molecule has 0 unspecified atom stereocenters. The minimum Gasteiger partial charge on any atom is -0.311 e. The predicted octanol–water partition coefficient (Wildman–Crippen LogP) is -0.0470. The number of carbonyl (C=O) groups is 2. The maximum atomic E-state index is 10.4. The molecule has 0 atom stereocenters. The molecule has 0 bridgehead atoms. The lowest BCUT2D eigenvalue weighted by Gasteiger charge is -2.28. The van der Waals surface area contributed by atoms with Gasteiger partial charge in [-0.25, -0.2) is 4.59 Å². The van der Waals surface area contributed by atoms with Crippen LogP contribution in [0.4, 0.5) is 11.6 Å². The number of carbonyl (C=O) groups excluding carboxylic acids is 2. The maximum Gasteiger partial charge on any atom is 0.212 e. The summed E-state index contributed by atoms with van der Waals surface area (Å²) in [5.41, 5.74) is 0. The highest BCUT2D eigenvalue weighted by Gasteiger charge is 2.19. The molecule has 15 heavy (non-hydrogen) atoms. The van der Waals surface area contributed by atoms with Crippen LogP contribution in [0, 0.1) is 0 Å². The Morgan fingerprint density at radius 1 is 1.07 bits per heavy atom. The first-order valence-electron chi connectivity index (χ1n) is 4.45. The lowest BCUT2D eigenvalue weighted by atomic mass is 10.6. The van der Waals surface area contributed by atoms with E-state index < -0.39 is 0 Å². The summed E-state index contributed by atoms with van der Waals surface area (Å²) in [5, 5.41) is 5.14. The van der Waals surface area contributed by atoms with Crippen molar-refractivity contribution in [2.45, 2.75) is 0 Å². The average Bonchev–Trinajstić information content (AvgIpc) is 2.48. The Morgan fingerprint density at radius 3 is 1.73 bits per heavy atom. The van der Waals surface area contributed by atoms with Gasteiger partial charge in [0.1, 0.15) is 0 Å². The summed E-state index contributed by atoms with van der Waals surface area (Å²) in [7, 11) is 5.77. The van der Waals surface area contributed by atoms with Gasteiger partial charge in [-0.3, -0.25) is 9.59 Å². The van der Waals surface area contributed by atoms with E-state index >= 15 is 0 Å². The molecule has 0 aromatic carbocycles. The normalized spacial score (nSPS) is 10.9. The molecule has 0 aliphatic rings. The highest BCUT2D eigenvalue weighted by atomic mass is 16.1. The van der Waals surface area contributed by atoms with Crippen LogP contribution >= 0.6 is 0 Å². The first-order chi connectivity index (χ1) is 7.00. The van der Waals surface area contributed by atoms with Gasteiger partial charge in [0, 0.05) is 0 Å². The third-order valence-corrected chi connectivity index (χ3v) is 1.87. The number of hydrogen-bond donors (Lipinski definition) is 2. The Kier molecular flexibility index (Phi) is 3.11. The summed E-state index contributed by atoms with van der Waals surface area (Å²) in [6.07, 6.45) is 1.21. The molecule has 2 N–H and O–H groups in total. The molecule has 0 saturated heterocycles. The summed E-state index contributed by atoms with van der Waals surface area (Å²) in [4.78, 5) is 20.8. The van der Waals surface area contributed by atoms with Gasteiger partial charge in [-0.15, -0.1) is 0 Å². The number of nitrogens with zero attached hydrogens (tertiary/aromatic N) is 2. The van der Waals surface area contributed by atoms with Gasteiger partial charge in [-0.2, -0.15) is 4.68 Å². The van der Waals surface area contributed by atoms with Crippen LogP contribution in [0.5, 0.6) is 0 Å². The Bertz CT molecular complexity index is 337. The van der Waals surface area contributed by atoms with Crippen LogP contribution in [0.15, 0.2) is 12.1 Å². The Morgan fingerprint density at radius 2 is 1.47 bits per heavy atom. The summed E-state index contributed by atoms with van der Waals surface area (Å²) >= 11 is 0. The van der Waals surface area contributed by atoms with Gasteiger partial charge in [-0.1, -0.05) is 0 Å². The van der Waals surface area contributed by atoms with E-state index in [1.807, 2.05) is 21.1 Å². The van der Waals surface area contributed by atoms with Crippen LogP contribution in [0.3, 0.4) is 0 Å². The van der Waals surface area contributed by atoms with Crippen molar-refractivity contribution in [1.29, 1.82) is 0 Å². The van der Waals surface area contributed by atoms with Crippen LogP contribution in [0.2, 0.25) is 0 Å². The molecular weight excluding hydrogens is 196 g/mol. The van der Waals surface area contributed by atoms with Crippen LogP contribution in [-0.2, 0) is 9.59 Å². The smallest absolute Gasteiger partial charge is 0.212 e. The first-order valence-corrected chi connectivity index (χ1v) is 4.45. The molecule has 82 valence electrons. The van der Waals surface area contributed by atoms with E-state index in [-0.39, 0.29) is 0 Å². The van der Waals surface area contributed by atoms with E-state index in [1.54, 1.807) is 16.8 Å². The number of anilines is 2. The third kappa shape index (κ3) is 2.35. The molecule has 1 aromatic heterocycles. The van der Waals surface area contributed by atoms with E-state index in [0.29, 0.717) is 29.0 Å². The number of rotatable bonds is 5. The van der Waals surface area contributed by atoms with E-state index in [9.17, 15) is 9.59 Å². The second kappa shape index (κ2) is 4.14. The predicted molar refractivity (Wildman–Crippen MR) is 59.1 cm³/mol. The SMILES string of the molecule is C[N+](C)(C)n1c(NC=O)ccc1NC=O. The largest absolute Gasteiger partial charge is 0.311 e. The van der Waals surface area contributed by atoms with Crippen molar-refractivity contribution >= 4 is 24.5 Å². The lowest BCUT2D eigenvalue weighted by molar-refractivity contribution is -0.106. The van der Waals surface area contributed by atoms with Crippen molar-refractivity contribution in [3.8, 4) is 0 Å². The molecule has 1 aromatic rings. The Balaban J connectivity index is 3.19. The van der Waals surface area contributed by atoms with E-state index in [1.165, 1.54) is 0 Å². The monoisotopic (exact) mass is 211 g/mol. The average molecular weight is 211 g/mol. The van der Waals surface area contributed by atoms with Crippen molar-refractivity contribution in [1.82, 2.24) is 9.27 Å². The summed E-state index contributed by atoms with van der Waals surface area (Å²) < 4.78 is 2.21. The molecule has 6 nitrogen and oxygen atoms in total. The molecule has 6 heteroatoms. The number of amides is 2.